The summed E-state index contributed by atoms with van der Waals surface area (Å²) in [6.07, 6.45) is 2.28. The van der Waals surface area contributed by atoms with Crippen molar-refractivity contribution in [1.29, 1.82) is 0 Å². The van der Waals surface area contributed by atoms with Gasteiger partial charge in [-0.25, -0.2) is 0 Å². The predicted molar refractivity (Wildman–Crippen MR) is 87.2 cm³/mol. The fraction of sp³-hybridized carbons (Fsp3) is 0.294. The second-order valence-corrected chi connectivity index (χ2v) is 6.27. The number of furan rings is 1. The molecule has 5 nitrogen and oxygen atoms in total. The Hall–Kier alpha value is -2.34. The van der Waals surface area contributed by atoms with Gasteiger partial charge in [-0.1, -0.05) is 18.1 Å². The lowest BCUT2D eigenvalue weighted by Gasteiger charge is -2.21. The lowest BCUT2D eigenvalue weighted by Crippen LogP contribution is -2.30. The molecule has 0 aliphatic rings. The van der Waals surface area contributed by atoms with E-state index in [4.69, 9.17) is 8.94 Å². The quantitative estimate of drug-likeness (QED) is 0.684. The smallest absolute Gasteiger partial charge is 0.260 e. The van der Waals surface area contributed by atoms with Crippen LogP contribution in [-0.4, -0.2) is 16.0 Å². The van der Waals surface area contributed by atoms with Gasteiger partial charge in [-0.3, -0.25) is 4.79 Å². The van der Waals surface area contributed by atoms with E-state index in [0.29, 0.717) is 36.5 Å². The Kier molecular flexibility index (Phi) is 4.62. The van der Waals surface area contributed by atoms with Gasteiger partial charge in [-0.2, -0.15) is 0 Å². The summed E-state index contributed by atoms with van der Waals surface area (Å²) in [5.74, 6) is 1.23. The molecule has 0 saturated carbocycles. The van der Waals surface area contributed by atoms with E-state index in [1.165, 1.54) is 0 Å². The van der Waals surface area contributed by atoms with E-state index in [-0.39, 0.29) is 5.91 Å². The number of carbonyl (C=O) groups excluding carboxylic acids is 1. The molecule has 6 heteroatoms. The number of aryl methyl sites for hydroxylation is 2. The highest BCUT2D eigenvalue weighted by atomic mass is 32.1. The van der Waals surface area contributed by atoms with Crippen molar-refractivity contribution >= 4 is 17.2 Å². The lowest BCUT2D eigenvalue weighted by molar-refractivity contribution is 0.0717. The Morgan fingerprint density at radius 3 is 2.83 bits per heavy atom. The second kappa shape index (κ2) is 6.83. The molecule has 0 aliphatic heterocycles. The Balaban J connectivity index is 1.90. The van der Waals surface area contributed by atoms with Crippen molar-refractivity contribution in [2.75, 3.05) is 0 Å². The van der Waals surface area contributed by atoms with Crippen LogP contribution in [0.15, 0.2) is 44.8 Å². The van der Waals surface area contributed by atoms with Crippen LogP contribution in [0.3, 0.4) is 0 Å². The number of aromatic nitrogens is 1. The minimum atomic E-state index is -0.0783. The van der Waals surface area contributed by atoms with Gasteiger partial charge in [-0.15, -0.1) is 11.3 Å². The minimum absolute atomic E-state index is 0.0783. The third kappa shape index (κ3) is 3.37. The van der Waals surface area contributed by atoms with E-state index in [0.717, 1.165) is 10.6 Å². The lowest BCUT2D eigenvalue weighted by atomic mass is 10.1. The maximum atomic E-state index is 13.0. The van der Waals surface area contributed by atoms with Crippen molar-refractivity contribution in [2.45, 2.75) is 33.4 Å². The fourth-order valence-electron chi connectivity index (χ4n) is 2.47. The van der Waals surface area contributed by atoms with Crippen LogP contribution in [0.1, 0.15) is 39.4 Å². The molecule has 0 atom stereocenters. The first-order chi connectivity index (χ1) is 11.2. The monoisotopic (exact) mass is 330 g/mol. The van der Waals surface area contributed by atoms with Crippen molar-refractivity contribution in [2.24, 2.45) is 0 Å². The Morgan fingerprint density at radius 1 is 1.30 bits per heavy atom. The SMILES string of the molecule is CCc1noc(C)c1C(=O)N(Cc1ccco1)Cc1cccs1. The first-order valence-corrected chi connectivity index (χ1v) is 8.36. The van der Waals surface area contributed by atoms with Crippen LogP contribution < -0.4 is 0 Å². The highest BCUT2D eigenvalue weighted by molar-refractivity contribution is 7.09. The average molecular weight is 330 g/mol. The first-order valence-electron chi connectivity index (χ1n) is 7.48. The van der Waals surface area contributed by atoms with Gasteiger partial charge in [-0.05, 0) is 36.9 Å². The van der Waals surface area contributed by atoms with Gasteiger partial charge in [0.25, 0.3) is 5.91 Å². The van der Waals surface area contributed by atoms with Crippen LogP contribution >= 0.6 is 11.3 Å². The Labute approximate surface area is 138 Å². The van der Waals surface area contributed by atoms with E-state index in [1.54, 1.807) is 29.4 Å². The summed E-state index contributed by atoms with van der Waals surface area (Å²) >= 11 is 1.63. The van der Waals surface area contributed by atoms with Gasteiger partial charge in [0.1, 0.15) is 17.1 Å². The molecule has 0 aromatic carbocycles. The molecule has 0 aliphatic carbocycles. The number of amides is 1. The van der Waals surface area contributed by atoms with E-state index in [9.17, 15) is 4.79 Å². The number of hydrogen-bond donors (Lipinski definition) is 0. The minimum Gasteiger partial charge on any atom is -0.467 e. The topological polar surface area (TPSA) is 59.5 Å². The summed E-state index contributed by atoms with van der Waals surface area (Å²) in [6, 6.07) is 7.70. The van der Waals surface area contributed by atoms with Gasteiger partial charge in [0, 0.05) is 4.88 Å². The third-order valence-electron chi connectivity index (χ3n) is 3.62. The van der Waals surface area contributed by atoms with Gasteiger partial charge in [0.05, 0.1) is 25.0 Å². The van der Waals surface area contributed by atoms with Gasteiger partial charge >= 0.3 is 0 Å². The molecule has 23 heavy (non-hydrogen) atoms. The molecule has 3 heterocycles. The van der Waals surface area contributed by atoms with Crippen LogP contribution in [0, 0.1) is 6.92 Å². The zero-order valence-electron chi connectivity index (χ0n) is 13.1. The highest BCUT2D eigenvalue weighted by Gasteiger charge is 2.25. The molecule has 0 fully saturated rings. The molecule has 0 spiro atoms. The second-order valence-electron chi connectivity index (χ2n) is 5.23. The van der Waals surface area contributed by atoms with Crippen molar-refractivity contribution in [1.82, 2.24) is 10.1 Å². The first kappa shape index (κ1) is 15.6. The van der Waals surface area contributed by atoms with Crippen molar-refractivity contribution in [3.8, 4) is 0 Å². The standard InChI is InChI=1S/C17H18N2O3S/c1-3-15-16(12(2)22-18-15)17(20)19(10-13-6-4-8-21-13)11-14-7-5-9-23-14/h4-9H,3,10-11H2,1-2H3. The van der Waals surface area contributed by atoms with Crippen LogP contribution in [0.4, 0.5) is 0 Å². The molecule has 0 unspecified atom stereocenters. The molecular formula is C17H18N2O3S. The van der Waals surface area contributed by atoms with Crippen LogP contribution in [0.2, 0.25) is 0 Å². The molecule has 120 valence electrons. The summed E-state index contributed by atoms with van der Waals surface area (Å²) in [5, 5.41) is 6.00. The molecule has 0 radical (unpaired) electrons. The van der Waals surface area contributed by atoms with Gasteiger partial charge in [0.2, 0.25) is 0 Å². The largest absolute Gasteiger partial charge is 0.467 e. The third-order valence-corrected chi connectivity index (χ3v) is 4.48. The van der Waals surface area contributed by atoms with Gasteiger partial charge < -0.3 is 13.8 Å². The summed E-state index contributed by atoms with van der Waals surface area (Å²) < 4.78 is 10.6. The van der Waals surface area contributed by atoms with Gasteiger partial charge in [0.15, 0.2) is 0 Å². The molecule has 0 N–H and O–H groups in total. The van der Waals surface area contributed by atoms with Crippen molar-refractivity contribution in [3.05, 3.63) is 63.6 Å². The number of carbonyl (C=O) groups is 1. The van der Waals surface area contributed by atoms with Crippen LogP contribution in [0.25, 0.3) is 0 Å². The predicted octanol–water partition coefficient (Wildman–Crippen LogP) is 4.04. The molecule has 3 aromatic heterocycles. The Bertz CT molecular complexity index is 724. The van der Waals surface area contributed by atoms with Crippen LogP contribution in [0.5, 0.6) is 0 Å². The van der Waals surface area contributed by atoms with E-state index < -0.39 is 0 Å². The van der Waals surface area contributed by atoms with Crippen LogP contribution in [-0.2, 0) is 19.5 Å². The number of thiophene rings is 1. The maximum absolute atomic E-state index is 13.0. The summed E-state index contributed by atoms with van der Waals surface area (Å²) in [6.45, 7) is 4.68. The number of hydrogen-bond acceptors (Lipinski definition) is 5. The van der Waals surface area contributed by atoms with E-state index in [1.807, 2.05) is 36.6 Å². The Morgan fingerprint density at radius 2 is 2.17 bits per heavy atom. The molecule has 3 rings (SSSR count). The highest BCUT2D eigenvalue weighted by Crippen LogP contribution is 2.21. The zero-order valence-corrected chi connectivity index (χ0v) is 13.9. The molecular weight excluding hydrogens is 312 g/mol. The normalized spacial score (nSPS) is 10.9. The molecule has 0 bridgehead atoms. The van der Waals surface area contributed by atoms with Crippen molar-refractivity contribution in [3.63, 3.8) is 0 Å². The van der Waals surface area contributed by atoms with Crippen molar-refractivity contribution < 1.29 is 13.7 Å². The molecule has 1 amide bonds. The summed E-state index contributed by atoms with van der Waals surface area (Å²) in [4.78, 5) is 15.9. The molecule has 0 saturated heterocycles. The van der Waals surface area contributed by atoms with E-state index in [2.05, 4.69) is 5.16 Å². The zero-order chi connectivity index (χ0) is 16.2. The number of nitrogens with zero attached hydrogens (tertiary/aromatic N) is 2. The summed E-state index contributed by atoms with van der Waals surface area (Å²) in [7, 11) is 0. The summed E-state index contributed by atoms with van der Waals surface area (Å²) in [5.41, 5.74) is 1.26. The molecule has 3 aromatic rings. The maximum Gasteiger partial charge on any atom is 0.260 e. The van der Waals surface area contributed by atoms with E-state index >= 15 is 0 Å². The number of rotatable bonds is 6. The fourth-order valence-corrected chi connectivity index (χ4v) is 3.19. The average Bonchev–Trinajstić information content (AvgIpc) is 3.28.